The second-order valence-electron chi connectivity index (χ2n) is 5.47. The van der Waals surface area contributed by atoms with E-state index in [9.17, 15) is 14.7 Å². The molecule has 1 aromatic carbocycles. The molecule has 1 unspecified atom stereocenters. The van der Waals surface area contributed by atoms with Gasteiger partial charge in [0.25, 0.3) is 0 Å². The first-order valence-corrected chi connectivity index (χ1v) is 7.05. The van der Waals surface area contributed by atoms with E-state index < -0.39 is 11.4 Å². The number of aryl methyl sites for hydroxylation is 1. The van der Waals surface area contributed by atoms with E-state index in [-0.39, 0.29) is 22.7 Å². The van der Waals surface area contributed by atoms with Gasteiger partial charge in [0.1, 0.15) is 5.56 Å². The number of carboxylic acids is 1. The Hall–Kier alpha value is -2.50. The minimum atomic E-state index is -1.24. The summed E-state index contributed by atoms with van der Waals surface area (Å²) in [6.07, 6.45) is 3.12. The first-order chi connectivity index (χ1) is 10.5. The summed E-state index contributed by atoms with van der Waals surface area (Å²) < 4.78 is 12.5. The van der Waals surface area contributed by atoms with Crippen molar-refractivity contribution in [1.29, 1.82) is 0 Å². The van der Waals surface area contributed by atoms with Gasteiger partial charge in [-0.2, -0.15) is 0 Å². The second-order valence-corrected chi connectivity index (χ2v) is 5.47. The Balaban J connectivity index is 2.58. The number of nitrogens with zero attached hydrogens (tertiary/aromatic N) is 1. The molecule has 1 aliphatic heterocycles. The molecule has 6 heteroatoms. The Bertz CT molecular complexity index is 837. The van der Waals surface area contributed by atoms with Crippen molar-refractivity contribution in [2.24, 2.45) is 0 Å². The van der Waals surface area contributed by atoms with Crippen molar-refractivity contribution >= 4 is 16.9 Å². The molecule has 0 aliphatic carbocycles. The zero-order chi connectivity index (χ0) is 16.0. The molecule has 0 saturated heterocycles. The zero-order valence-electron chi connectivity index (χ0n) is 12.7. The number of aromatic nitrogens is 1. The van der Waals surface area contributed by atoms with Crippen LogP contribution in [0.5, 0.6) is 11.5 Å². The summed E-state index contributed by atoms with van der Waals surface area (Å²) in [4.78, 5) is 24.1. The fourth-order valence-corrected chi connectivity index (χ4v) is 3.13. The van der Waals surface area contributed by atoms with E-state index in [1.165, 1.54) is 20.4 Å². The predicted molar refractivity (Wildman–Crippen MR) is 81.3 cm³/mol. The summed E-state index contributed by atoms with van der Waals surface area (Å²) in [7, 11) is 2.95. The first-order valence-electron chi connectivity index (χ1n) is 7.05. The van der Waals surface area contributed by atoms with Gasteiger partial charge in [-0.25, -0.2) is 4.79 Å². The number of ether oxygens (including phenoxy) is 2. The first kappa shape index (κ1) is 14.4. The monoisotopic (exact) mass is 303 g/mol. The highest BCUT2D eigenvalue weighted by Gasteiger charge is 2.27. The highest BCUT2D eigenvalue weighted by Crippen LogP contribution is 2.40. The topological polar surface area (TPSA) is 77.8 Å². The summed E-state index contributed by atoms with van der Waals surface area (Å²) in [6, 6.07) is 1.98. The lowest BCUT2D eigenvalue weighted by molar-refractivity contribution is 0.0694. The highest BCUT2D eigenvalue weighted by atomic mass is 16.5. The number of rotatable bonds is 3. The largest absolute Gasteiger partial charge is 0.493 e. The molecule has 0 saturated carbocycles. The third kappa shape index (κ3) is 1.87. The molecule has 0 spiro atoms. The van der Waals surface area contributed by atoms with Gasteiger partial charge in [0.2, 0.25) is 5.43 Å². The molecule has 2 aromatic rings. The van der Waals surface area contributed by atoms with Crippen LogP contribution in [0.2, 0.25) is 0 Å². The van der Waals surface area contributed by atoms with Crippen LogP contribution < -0.4 is 14.9 Å². The van der Waals surface area contributed by atoms with Crippen molar-refractivity contribution in [2.45, 2.75) is 25.8 Å². The van der Waals surface area contributed by atoms with E-state index in [4.69, 9.17) is 9.47 Å². The smallest absolute Gasteiger partial charge is 0.341 e. The summed E-state index contributed by atoms with van der Waals surface area (Å²) >= 11 is 0. The van der Waals surface area contributed by atoms with E-state index in [0.717, 1.165) is 23.9 Å². The molecule has 0 amide bonds. The summed E-state index contributed by atoms with van der Waals surface area (Å²) in [5, 5.41) is 9.60. The third-order valence-electron chi connectivity index (χ3n) is 4.26. The Kier molecular flexibility index (Phi) is 3.31. The van der Waals surface area contributed by atoms with Crippen molar-refractivity contribution in [3.8, 4) is 11.5 Å². The van der Waals surface area contributed by atoms with Crippen LogP contribution in [0.1, 0.15) is 35.3 Å². The minimum absolute atomic E-state index is 0.117. The van der Waals surface area contributed by atoms with Gasteiger partial charge < -0.3 is 19.1 Å². The highest BCUT2D eigenvalue weighted by molar-refractivity contribution is 5.97. The summed E-state index contributed by atoms with van der Waals surface area (Å²) in [6.45, 7) is 2.01. The molecular formula is C16H17NO5. The molecule has 0 radical (unpaired) electrons. The van der Waals surface area contributed by atoms with Gasteiger partial charge in [-0.15, -0.1) is 0 Å². The fourth-order valence-electron chi connectivity index (χ4n) is 3.13. The molecular weight excluding hydrogens is 286 g/mol. The van der Waals surface area contributed by atoms with Gasteiger partial charge in [0.05, 0.1) is 25.1 Å². The zero-order valence-corrected chi connectivity index (χ0v) is 12.7. The number of carboxylic acid groups (broad SMARTS) is 1. The van der Waals surface area contributed by atoms with Crippen molar-refractivity contribution in [1.82, 2.24) is 4.57 Å². The molecule has 1 N–H and O–H groups in total. The lowest BCUT2D eigenvalue weighted by atomic mass is 9.95. The number of benzene rings is 1. The fraction of sp³-hybridized carbons (Fsp3) is 0.375. The number of pyridine rings is 1. The standard InChI is InChI=1S/C16H17NO5/c1-8-4-5-9-6-11(21-2)15(22-3)12-13(9)17(8)7-10(14(12)18)16(19)20/h6-8H,4-5H2,1-3H3,(H,19,20). The average Bonchev–Trinajstić information content (AvgIpc) is 2.51. The SMILES string of the molecule is COc1cc2c3c(c1OC)c(=O)c(C(=O)O)cn3C(C)CC2. The van der Waals surface area contributed by atoms with E-state index in [0.29, 0.717) is 5.75 Å². The van der Waals surface area contributed by atoms with Gasteiger partial charge in [0, 0.05) is 12.2 Å². The van der Waals surface area contributed by atoms with Gasteiger partial charge in [-0.1, -0.05) is 0 Å². The van der Waals surface area contributed by atoms with Gasteiger partial charge in [-0.05, 0) is 31.4 Å². The molecule has 0 bridgehead atoms. The van der Waals surface area contributed by atoms with E-state index in [2.05, 4.69) is 0 Å². The van der Waals surface area contributed by atoms with Gasteiger partial charge in [-0.3, -0.25) is 4.79 Å². The molecule has 2 heterocycles. The van der Waals surface area contributed by atoms with E-state index >= 15 is 0 Å². The number of aromatic carboxylic acids is 1. The molecule has 1 aromatic heterocycles. The van der Waals surface area contributed by atoms with Crippen LogP contribution in [0.3, 0.4) is 0 Å². The average molecular weight is 303 g/mol. The second kappa shape index (κ2) is 5.05. The molecule has 1 aliphatic rings. The van der Waals surface area contributed by atoms with Crippen LogP contribution in [0, 0.1) is 0 Å². The number of hydrogen-bond donors (Lipinski definition) is 1. The molecule has 6 nitrogen and oxygen atoms in total. The van der Waals surface area contributed by atoms with Gasteiger partial charge in [0.15, 0.2) is 11.5 Å². The molecule has 0 fully saturated rings. The number of hydrogen-bond acceptors (Lipinski definition) is 4. The van der Waals surface area contributed by atoms with Crippen molar-refractivity contribution in [3.05, 3.63) is 33.6 Å². The van der Waals surface area contributed by atoms with Crippen LogP contribution in [-0.4, -0.2) is 29.9 Å². The summed E-state index contributed by atoms with van der Waals surface area (Å²) in [5.41, 5.74) is 0.926. The number of methoxy groups -OCH3 is 2. The molecule has 116 valence electrons. The van der Waals surface area contributed by atoms with E-state index in [1.54, 1.807) is 0 Å². The normalized spacial score (nSPS) is 16.6. The van der Waals surface area contributed by atoms with Crippen LogP contribution in [0.4, 0.5) is 0 Å². The molecule has 3 rings (SSSR count). The lowest BCUT2D eigenvalue weighted by Crippen LogP contribution is -2.24. The Morgan fingerprint density at radius 1 is 1.36 bits per heavy atom. The maximum Gasteiger partial charge on any atom is 0.341 e. The Morgan fingerprint density at radius 3 is 2.68 bits per heavy atom. The van der Waals surface area contributed by atoms with E-state index in [1.807, 2.05) is 17.6 Å². The lowest BCUT2D eigenvalue weighted by Gasteiger charge is -2.27. The van der Waals surface area contributed by atoms with Crippen LogP contribution >= 0.6 is 0 Å². The number of carbonyl (C=O) groups is 1. The molecule has 1 atom stereocenters. The third-order valence-corrected chi connectivity index (χ3v) is 4.26. The maximum absolute atomic E-state index is 12.6. The Morgan fingerprint density at radius 2 is 2.09 bits per heavy atom. The molecule has 22 heavy (non-hydrogen) atoms. The van der Waals surface area contributed by atoms with Crippen molar-refractivity contribution < 1.29 is 19.4 Å². The summed E-state index contributed by atoms with van der Waals surface area (Å²) in [5.74, 6) is -0.497. The Labute approximate surface area is 126 Å². The van der Waals surface area contributed by atoms with Crippen molar-refractivity contribution in [2.75, 3.05) is 14.2 Å². The minimum Gasteiger partial charge on any atom is -0.493 e. The van der Waals surface area contributed by atoms with Crippen LogP contribution in [0.15, 0.2) is 17.1 Å². The van der Waals surface area contributed by atoms with Crippen LogP contribution in [0.25, 0.3) is 10.9 Å². The maximum atomic E-state index is 12.6. The van der Waals surface area contributed by atoms with Gasteiger partial charge >= 0.3 is 5.97 Å². The van der Waals surface area contributed by atoms with Crippen LogP contribution in [-0.2, 0) is 6.42 Å². The van der Waals surface area contributed by atoms with Crippen molar-refractivity contribution in [3.63, 3.8) is 0 Å². The predicted octanol–water partition coefficient (Wildman–Crippen LogP) is 2.22. The quantitative estimate of drug-likeness (QED) is 0.940.